The maximum Gasteiger partial charge on any atom is 0.244 e. The number of para-hydroxylation sites is 1. The Balaban J connectivity index is 1.48. The summed E-state index contributed by atoms with van der Waals surface area (Å²) in [6.07, 6.45) is 6.18. The van der Waals surface area contributed by atoms with E-state index in [-0.39, 0.29) is 5.91 Å². The van der Waals surface area contributed by atoms with Crippen molar-refractivity contribution >= 4 is 23.3 Å². The zero-order valence-corrected chi connectivity index (χ0v) is 16.7. The maximum absolute atomic E-state index is 12.3. The molecule has 0 aliphatic heterocycles. The number of hydrogen-bond acceptors (Lipinski definition) is 3. The molecule has 0 fully saturated rings. The summed E-state index contributed by atoms with van der Waals surface area (Å²) in [6.45, 7) is 0.605. The van der Waals surface area contributed by atoms with E-state index in [1.165, 1.54) is 5.56 Å². The van der Waals surface area contributed by atoms with Crippen LogP contribution in [-0.2, 0) is 11.2 Å². The third kappa shape index (κ3) is 4.89. The minimum absolute atomic E-state index is 0.106. The van der Waals surface area contributed by atoms with E-state index in [4.69, 9.17) is 5.10 Å². The average Bonchev–Trinajstić information content (AvgIpc) is 3.43. The number of hydrogen-bond donors (Lipinski definition) is 1. The Morgan fingerprint density at radius 2 is 1.76 bits per heavy atom. The first-order valence-corrected chi connectivity index (χ1v) is 10.4. The van der Waals surface area contributed by atoms with Crippen LogP contribution >= 0.6 is 11.3 Å². The molecule has 2 heterocycles. The van der Waals surface area contributed by atoms with Gasteiger partial charge in [0, 0.05) is 24.4 Å². The fraction of sp³-hybridized carbons (Fsp3) is 0.0833. The summed E-state index contributed by atoms with van der Waals surface area (Å²) >= 11 is 1.63. The molecule has 1 N–H and O–H groups in total. The van der Waals surface area contributed by atoms with Crippen LogP contribution in [0.3, 0.4) is 0 Å². The molecule has 0 saturated heterocycles. The van der Waals surface area contributed by atoms with E-state index in [9.17, 15) is 4.79 Å². The van der Waals surface area contributed by atoms with Crippen molar-refractivity contribution in [3.63, 3.8) is 0 Å². The zero-order valence-electron chi connectivity index (χ0n) is 15.9. The lowest BCUT2D eigenvalue weighted by atomic mass is 10.1. The Morgan fingerprint density at radius 1 is 1.00 bits per heavy atom. The lowest BCUT2D eigenvalue weighted by Gasteiger charge is -2.02. The first-order valence-electron chi connectivity index (χ1n) is 9.48. The van der Waals surface area contributed by atoms with Gasteiger partial charge in [0.15, 0.2) is 0 Å². The summed E-state index contributed by atoms with van der Waals surface area (Å²) in [7, 11) is 0. The van der Waals surface area contributed by atoms with Crippen LogP contribution in [0.5, 0.6) is 0 Å². The molecule has 2 aromatic carbocycles. The predicted molar refractivity (Wildman–Crippen MR) is 119 cm³/mol. The Hall–Kier alpha value is -3.44. The van der Waals surface area contributed by atoms with Crippen molar-refractivity contribution in [2.45, 2.75) is 6.42 Å². The lowest BCUT2D eigenvalue weighted by molar-refractivity contribution is -0.116. The highest BCUT2D eigenvalue weighted by molar-refractivity contribution is 7.13. The van der Waals surface area contributed by atoms with Crippen LogP contribution in [0.25, 0.3) is 22.3 Å². The van der Waals surface area contributed by atoms with Crippen molar-refractivity contribution in [3.05, 3.63) is 102 Å². The smallest absolute Gasteiger partial charge is 0.244 e. The number of benzene rings is 2. The first-order chi connectivity index (χ1) is 14.3. The van der Waals surface area contributed by atoms with Crippen LogP contribution < -0.4 is 5.32 Å². The minimum Gasteiger partial charge on any atom is -0.352 e. The molecule has 0 radical (unpaired) electrons. The molecule has 144 valence electrons. The van der Waals surface area contributed by atoms with Crippen LogP contribution in [0.4, 0.5) is 0 Å². The highest BCUT2D eigenvalue weighted by atomic mass is 32.1. The van der Waals surface area contributed by atoms with Gasteiger partial charge in [-0.05, 0) is 41.6 Å². The summed E-state index contributed by atoms with van der Waals surface area (Å²) in [5.74, 6) is -0.106. The Kier molecular flexibility index (Phi) is 5.98. The molecule has 0 aliphatic carbocycles. The van der Waals surface area contributed by atoms with E-state index >= 15 is 0 Å². The lowest BCUT2D eigenvalue weighted by Crippen LogP contribution is -2.23. The van der Waals surface area contributed by atoms with Crippen molar-refractivity contribution < 1.29 is 4.79 Å². The summed E-state index contributed by atoms with van der Waals surface area (Å²) in [4.78, 5) is 13.3. The van der Waals surface area contributed by atoms with Crippen molar-refractivity contribution in [3.8, 4) is 16.3 Å². The fourth-order valence-electron chi connectivity index (χ4n) is 3.03. The Bertz CT molecular complexity index is 1080. The highest BCUT2D eigenvalue weighted by Crippen LogP contribution is 2.28. The van der Waals surface area contributed by atoms with Crippen LogP contribution in [0.2, 0.25) is 0 Å². The number of carbonyl (C=O) groups excluding carboxylic acids is 1. The molecular weight excluding hydrogens is 378 g/mol. The summed E-state index contributed by atoms with van der Waals surface area (Å²) in [5, 5.41) is 9.72. The van der Waals surface area contributed by atoms with Crippen LogP contribution in [0.15, 0.2) is 90.4 Å². The third-order valence-corrected chi connectivity index (χ3v) is 5.36. The largest absolute Gasteiger partial charge is 0.352 e. The van der Waals surface area contributed by atoms with Gasteiger partial charge in [0.25, 0.3) is 0 Å². The summed E-state index contributed by atoms with van der Waals surface area (Å²) < 4.78 is 1.85. The second-order valence-corrected chi connectivity index (χ2v) is 7.50. The topological polar surface area (TPSA) is 46.9 Å². The fourth-order valence-corrected chi connectivity index (χ4v) is 3.76. The number of nitrogens with one attached hydrogen (secondary N) is 1. The molecule has 5 heteroatoms. The number of amides is 1. The van der Waals surface area contributed by atoms with E-state index in [0.717, 1.165) is 28.2 Å². The van der Waals surface area contributed by atoms with Gasteiger partial charge in [-0.2, -0.15) is 5.10 Å². The van der Waals surface area contributed by atoms with E-state index < -0.39 is 0 Å². The Morgan fingerprint density at radius 3 is 2.48 bits per heavy atom. The second-order valence-electron chi connectivity index (χ2n) is 6.55. The van der Waals surface area contributed by atoms with Gasteiger partial charge in [-0.15, -0.1) is 11.3 Å². The minimum atomic E-state index is -0.106. The molecule has 2 aromatic heterocycles. The van der Waals surface area contributed by atoms with Gasteiger partial charge in [0.1, 0.15) is 5.69 Å². The van der Waals surface area contributed by atoms with Crippen molar-refractivity contribution in [1.82, 2.24) is 15.1 Å². The average molecular weight is 400 g/mol. The molecule has 29 heavy (non-hydrogen) atoms. The molecule has 1 amide bonds. The van der Waals surface area contributed by atoms with E-state index in [1.807, 2.05) is 83.0 Å². The molecule has 4 aromatic rings. The van der Waals surface area contributed by atoms with Gasteiger partial charge in [0.05, 0.1) is 10.6 Å². The molecule has 0 aliphatic rings. The number of rotatable bonds is 7. The SMILES string of the molecule is O=C(/C=C/c1cn(-c2ccccc2)nc1-c1cccs1)NCCc1ccccc1. The van der Waals surface area contributed by atoms with Crippen molar-refractivity contribution in [2.24, 2.45) is 0 Å². The van der Waals surface area contributed by atoms with E-state index in [1.54, 1.807) is 17.4 Å². The number of thiophene rings is 1. The predicted octanol–water partition coefficient (Wildman–Crippen LogP) is 4.97. The maximum atomic E-state index is 12.3. The number of carbonyl (C=O) groups is 1. The van der Waals surface area contributed by atoms with E-state index in [0.29, 0.717) is 6.54 Å². The van der Waals surface area contributed by atoms with Gasteiger partial charge in [-0.25, -0.2) is 4.68 Å². The summed E-state index contributed by atoms with van der Waals surface area (Å²) in [5.41, 5.74) is 3.98. The van der Waals surface area contributed by atoms with Crippen LogP contribution in [0, 0.1) is 0 Å². The number of nitrogens with zero attached hydrogens (tertiary/aromatic N) is 2. The Labute approximate surface area is 174 Å². The van der Waals surface area contributed by atoms with Gasteiger partial charge in [-0.1, -0.05) is 54.6 Å². The molecule has 4 rings (SSSR count). The second kappa shape index (κ2) is 9.17. The molecule has 0 unspecified atom stereocenters. The normalized spacial score (nSPS) is 11.0. The first kappa shape index (κ1) is 18.9. The van der Waals surface area contributed by atoms with Crippen LogP contribution in [-0.4, -0.2) is 22.2 Å². The molecule has 4 nitrogen and oxygen atoms in total. The molecule has 0 saturated carbocycles. The standard InChI is InChI=1S/C24H21N3OS/c28-23(25-16-15-19-8-3-1-4-9-19)14-13-20-18-27(21-10-5-2-6-11-21)26-24(20)22-12-7-17-29-22/h1-14,17-18H,15-16H2,(H,25,28)/b14-13+. The quantitative estimate of drug-likeness (QED) is 0.446. The monoisotopic (exact) mass is 399 g/mol. The zero-order chi connectivity index (χ0) is 19.9. The molecular formula is C24H21N3OS. The molecule has 0 bridgehead atoms. The third-order valence-electron chi connectivity index (χ3n) is 4.49. The van der Waals surface area contributed by atoms with Crippen LogP contribution in [0.1, 0.15) is 11.1 Å². The van der Waals surface area contributed by atoms with Crippen molar-refractivity contribution in [1.29, 1.82) is 0 Å². The van der Waals surface area contributed by atoms with Gasteiger partial charge in [-0.3, -0.25) is 4.79 Å². The van der Waals surface area contributed by atoms with Crippen molar-refractivity contribution in [2.75, 3.05) is 6.54 Å². The summed E-state index contributed by atoms with van der Waals surface area (Å²) in [6, 6.07) is 24.1. The molecule has 0 atom stereocenters. The van der Waals surface area contributed by atoms with Gasteiger partial charge in [0.2, 0.25) is 5.91 Å². The number of aromatic nitrogens is 2. The van der Waals surface area contributed by atoms with Gasteiger partial charge < -0.3 is 5.32 Å². The highest BCUT2D eigenvalue weighted by Gasteiger charge is 2.11. The van der Waals surface area contributed by atoms with Gasteiger partial charge >= 0.3 is 0 Å². The van der Waals surface area contributed by atoms with E-state index in [2.05, 4.69) is 17.4 Å². The molecule has 0 spiro atoms.